The molecule has 118 valence electrons. The summed E-state index contributed by atoms with van der Waals surface area (Å²) in [6.07, 6.45) is 0.988. The Bertz CT molecular complexity index is 467. The quantitative estimate of drug-likeness (QED) is 0.773. The molecule has 0 spiro atoms. The van der Waals surface area contributed by atoms with Gasteiger partial charge < -0.3 is 20.5 Å². The average molecular weight is 294 g/mol. The van der Waals surface area contributed by atoms with Crippen molar-refractivity contribution in [1.29, 1.82) is 0 Å². The topological polar surface area (TPSA) is 73.6 Å². The molecule has 0 fully saturated rings. The van der Waals surface area contributed by atoms with Crippen molar-refractivity contribution in [2.45, 2.75) is 46.1 Å². The van der Waals surface area contributed by atoms with E-state index in [1.54, 1.807) is 12.1 Å². The summed E-state index contributed by atoms with van der Waals surface area (Å²) in [5.74, 6) is 1.26. The Kier molecular flexibility index (Phi) is 6.49. The second-order valence-corrected chi connectivity index (χ2v) is 5.56. The third kappa shape index (κ3) is 6.49. The second-order valence-electron chi connectivity index (χ2n) is 5.56. The smallest absolute Gasteiger partial charge is 0.224 e. The van der Waals surface area contributed by atoms with Crippen LogP contribution in [0.2, 0.25) is 0 Å². The molecular weight excluding hydrogens is 268 g/mol. The van der Waals surface area contributed by atoms with E-state index in [9.17, 15) is 4.79 Å². The zero-order valence-corrected chi connectivity index (χ0v) is 13.4. The van der Waals surface area contributed by atoms with Gasteiger partial charge in [-0.25, -0.2) is 0 Å². The summed E-state index contributed by atoms with van der Waals surface area (Å²) >= 11 is 0. The molecule has 1 amide bonds. The molecule has 0 atom stereocenters. The van der Waals surface area contributed by atoms with Gasteiger partial charge in [-0.1, -0.05) is 0 Å². The minimum Gasteiger partial charge on any atom is -0.494 e. The van der Waals surface area contributed by atoms with Crippen molar-refractivity contribution >= 4 is 11.6 Å². The van der Waals surface area contributed by atoms with Crippen LogP contribution in [0.25, 0.3) is 0 Å². The molecule has 5 nitrogen and oxygen atoms in total. The zero-order valence-electron chi connectivity index (χ0n) is 13.4. The standard InChI is InChI=1S/C16H26N2O3/c1-5-20-12-7-8-14(21-6-2)13(11-12)18-15(19)9-10-16(3,4)17/h7-8,11H,5-6,9-10,17H2,1-4H3,(H,18,19). The molecule has 0 aromatic heterocycles. The highest BCUT2D eigenvalue weighted by atomic mass is 16.5. The number of ether oxygens (including phenoxy) is 2. The fraction of sp³-hybridized carbons (Fsp3) is 0.562. The maximum atomic E-state index is 12.0. The van der Waals surface area contributed by atoms with Crippen molar-refractivity contribution in [3.05, 3.63) is 18.2 Å². The van der Waals surface area contributed by atoms with E-state index in [2.05, 4.69) is 5.32 Å². The van der Waals surface area contributed by atoms with E-state index in [-0.39, 0.29) is 11.4 Å². The molecule has 0 saturated carbocycles. The normalized spacial score (nSPS) is 11.1. The first-order valence-corrected chi connectivity index (χ1v) is 7.34. The van der Waals surface area contributed by atoms with Crippen LogP contribution < -0.4 is 20.5 Å². The second kappa shape index (κ2) is 7.88. The van der Waals surface area contributed by atoms with Crippen molar-refractivity contribution in [2.75, 3.05) is 18.5 Å². The van der Waals surface area contributed by atoms with Gasteiger partial charge in [0.15, 0.2) is 0 Å². The molecule has 1 aromatic rings. The Morgan fingerprint density at radius 3 is 2.48 bits per heavy atom. The Hall–Kier alpha value is -1.75. The predicted molar refractivity (Wildman–Crippen MR) is 84.9 cm³/mol. The van der Waals surface area contributed by atoms with Crippen LogP contribution in [0.5, 0.6) is 11.5 Å². The molecule has 0 heterocycles. The van der Waals surface area contributed by atoms with E-state index in [1.165, 1.54) is 0 Å². The largest absolute Gasteiger partial charge is 0.494 e. The number of carbonyl (C=O) groups is 1. The lowest BCUT2D eigenvalue weighted by atomic mass is 10.00. The SMILES string of the molecule is CCOc1ccc(OCC)c(NC(=O)CCC(C)(C)N)c1. The number of rotatable bonds is 8. The number of amides is 1. The summed E-state index contributed by atoms with van der Waals surface area (Å²) < 4.78 is 11.0. The molecule has 0 aliphatic rings. The Labute approximate surface area is 126 Å². The fourth-order valence-corrected chi connectivity index (χ4v) is 1.79. The van der Waals surface area contributed by atoms with Gasteiger partial charge in [-0.15, -0.1) is 0 Å². The highest BCUT2D eigenvalue weighted by Gasteiger charge is 2.15. The van der Waals surface area contributed by atoms with Gasteiger partial charge >= 0.3 is 0 Å². The number of carbonyl (C=O) groups excluding carboxylic acids is 1. The molecule has 1 rings (SSSR count). The molecule has 0 aliphatic heterocycles. The van der Waals surface area contributed by atoms with Gasteiger partial charge in [-0.2, -0.15) is 0 Å². The van der Waals surface area contributed by atoms with Crippen molar-refractivity contribution < 1.29 is 14.3 Å². The minimum atomic E-state index is -0.354. The van der Waals surface area contributed by atoms with Gasteiger partial charge in [0.05, 0.1) is 18.9 Å². The molecule has 0 bridgehead atoms. The van der Waals surface area contributed by atoms with Crippen LogP contribution in [-0.4, -0.2) is 24.7 Å². The van der Waals surface area contributed by atoms with E-state index in [0.29, 0.717) is 43.2 Å². The van der Waals surface area contributed by atoms with Crippen molar-refractivity contribution in [1.82, 2.24) is 0 Å². The number of nitrogens with two attached hydrogens (primary N) is 1. The molecule has 21 heavy (non-hydrogen) atoms. The summed E-state index contributed by atoms with van der Waals surface area (Å²) in [5, 5.41) is 2.87. The summed E-state index contributed by atoms with van der Waals surface area (Å²) in [6, 6.07) is 5.41. The molecule has 0 aliphatic carbocycles. The molecule has 1 aromatic carbocycles. The summed E-state index contributed by atoms with van der Waals surface area (Å²) in [6.45, 7) is 8.73. The van der Waals surface area contributed by atoms with Gasteiger partial charge in [0.2, 0.25) is 5.91 Å². The van der Waals surface area contributed by atoms with E-state index in [1.807, 2.05) is 33.8 Å². The monoisotopic (exact) mass is 294 g/mol. The Morgan fingerprint density at radius 1 is 1.24 bits per heavy atom. The van der Waals surface area contributed by atoms with Gasteiger partial charge in [-0.3, -0.25) is 4.79 Å². The molecule has 0 saturated heterocycles. The average Bonchev–Trinajstić information content (AvgIpc) is 2.39. The number of hydrogen-bond acceptors (Lipinski definition) is 4. The highest BCUT2D eigenvalue weighted by molar-refractivity contribution is 5.92. The summed E-state index contributed by atoms with van der Waals surface area (Å²) in [4.78, 5) is 12.0. The van der Waals surface area contributed by atoms with Crippen LogP contribution in [0.15, 0.2) is 18.2 Å². The van der Waals surface area contributed by atoms with Gasteiger partial charge in [0.25, 0.3) is 0 Å². The molecule has 0 unspecified atom stereocenters. The van der Waals surface area contributed by atoms with Gasteiger partial charge in [0.1, 0.15) is 11.5 Å². The first kappa shape index (κ1) is 17.3. The number of nitrogens with one attached hydrogen (secondary N) is 1. The molecule has 5 heteroatoms. The molecule has 0 radical (unpaired) electrons. The lowest BCUT2D eigenvalue weighted by molar-refractivity contribution is -0.116. The van der Waals surface area contributed by atoms with Gasteiger partial charge in [0, 0.05) is 18.0 Å². The lowest BCUT2D eigenvalue weighted by Gasteiger charge is -2.18. The summed E-state index contributed by atoms with van der Waals surface area (Å²) in [7, 11) is 0. The first-order chi connectivity index (χ1) is 9.85. The Balaban J connectivity index is 2.78. The van der Waals surface area contributed by atoms with E-state index >= 15 is 0 Å². The maximum absolute atomic E-state index is 12.0. The Morgan fingerprint density at radius 2 is 1.90 bits per heavy atom. The number of hydrogen-bond donors (Lipinski definition) is 2. The minimum absolute atomic E-state index is 0.0804. The zero-order chi connectivity index (χ0) is 15.9. The van der Waals surface area contributed by atoms with Crippen LogP contribution in [0.4, 0.5) is 5.69 Å². The van der Waals surface area contributed by atoms with Gasteiger partial charge in [-0.05, 0) is 46.2 Å². The van der Waals surface area contributed by atoms with Crippen LogP contribution >= 0.6 is 0 Å². The van der Waals surface area contributed by atoms with Crippen LogP contribution in [0.3, 0.4) is 0 Å². The van der Waals surface area contributed by atoms with Crippen LogP contribution in [0.1, 0.15) is 40.5 Å². The van der Waals surface area contributed by atoms with E-state index in [4.69, 9.17) is 15.2 Å². The maximum Gasteiger partial charge on any atom is 0.224 e. The van der Waals surface area contributed by atoms with Crippen molar-refractivity contribution in [3.8, 4) is 11.5 Å². The third-order valence-electron chi connectivity index (χ3n) is 2.83. The van der Waals surface area contributed by atoms with Crippen molar-refractivity contribution in [3.63, 3.8) is 0 Å². The van der Waals surface area contributed by atoms with Crippen LogP contribution in [0, 0.1) is 0 Å². The number of anilines is 1. The third-order valence-corrected chi connectivity index (χ3v) is 2.83. The first-order valence-electron chi connectivity index (χ1n) is 7.34. The summed E-state index contributed by atoms with van der Waals surface area (Å²) in [5.41, 5.74) is 6.17. The van der Waals surface area contributed by atoms with Crippen molar-refractivity contribution in [2.24, 2.45) is 5.73 Å². The number of benzene rings is 1. The fourth-order valence-electron chi connectivity index (χ4n) is 1.79. The lowest BCUT2D eigenvalue weighted by Crippen LogP contribution is -2.33. The van der Waals surface area contributed by atoms with Crippen LogP contribution in [-0.2, 0) is 4.79 Å². The highest BCUT2D eigenvalue weighted by Crippen LogP contribution is 2.29. The predicted octanol–water partition coefficient (Wildman–Crippen LogP) is 2.94. The van der Waals surface area contributed by atoms with E-state index in [0.717, 1.165) is 0 Å². The van der Waals surface area contributed by atoms with E-state index < -0.39 is 0 Å². The molecule has 3 N–H and O–H groups in total. The molecular formula is C16H26N2O3.